The Morgan fingerprint density at radius 3 is 2.64 bits per heavy atom. The fourth-order valence-electron chi connectivity index (χ4n) is 3.83. The van der Waals surface area contributed by atoms with Crippen LogP contribution < -0.4 is 0 Å². The van der Waals surface area contributed by atoms with Crippen molar-refractivity contribution in [2.24, 2.45) is 0 Å². The zero-order chi connectivity index (χ0) is 17.2. The van der Waals surface area contributed by atoms with Crippen LogP contribution in [0.3, 0.4) is 0 Å². The Balaban J connectivity index is 1.81. The van der Waals surface area contributed by atoms with Crippen molar-refractivity contribution >= 4 is 22.6 Å². The number of nitrogens with zero attached hydrogens (tertiary/aromatic N) is 3. The van der Waals surface area contributed by atoms with Gasteiger partial charge in [0.15, 0.2) is 0 Å². The molecule has 4 rings (SSSR count). The summed E-state index contributed by atoms with van der Waals surface area (Å²) in [6, 6.07) is 10.8. The van der Waals surface area contributed by atoms with Gasteiger partial charge in [-0.15, -0.1) is 6.42 Å². The molecule has 0 saturated heterocycles. The van der Waals surface area contributed by atoms with E-state index in [1.54, 1.807) is 0 Å². The lowest BCUT2D eigenvalue weighted by molar-refractivity contribution is 0.354. The Morgan fingerprint density at radius 2 is 1.92 bits per heavy atom. The molecule has 3 nitrogen and oxygen atoms in total. The Hall–Kier alpha value is -2.31. The fourth-order valence-corrected chi connectivity index (χ4v) is 3.95. The molecular formula is C21H20ClN3. The van der Waals surface area contributed by atoms with E-state index in [-0.39, 0.29) is 0 Å². The zero-order valence-corrected chi connectivity index (χ0v) is 14.8. The first-order valence-corrected chi connectivity index (χ1v) is 9.20. The maximum atomic E-state index is 6.02. The highest BCUT2D eigenvalue weighted by atomic mass is 35.5. The molecule has 0 radical (unpaired) electrons. The molecule has 2 heterocycles. The molecule has 126 valence electrons. The average Bonchev–Trinajstić information content (AvgIpc) is 3.01. The van der Waals surface area contributed by atoms with Crippen LogP contribution in [0.4, 0.5) is 0 Å². The molecule has 0 N–H and O–H groups in total. The van der Waals surface area contributed by atoms with E-state index in [1.807, 2.05) is 18.3 Å². The number of rotatable bonds is 3. The zero-order valence-electron chi connectivity index (χ0n) is 14.1. The molecule has 1 aliphatic carbocycles. The van der Waals surface area contributed by atoms with Gasteiger partial charge in [0.25, 0.3) is 0 Å². The van der Waals surface area contributed by atoms with Crippen molar-refractivity contribution in [1.82, 2.24) is 14.5 Å². The van der Waals surface area contributed by atoms with E-state index in [1.165, 1.54) is 43.4 Å². The predicted molar refractivity (Wildman–Crippen MR) is 102 cm³/mol. The summed E-state index contributed by atoms with van der Waals surface area (Å²) < 4.78 is 2.41. The smallest absolute Gasteiger partial charge is 0.206 e. The third kappa shape index (κ3) is 3.27. The van der Waals surface area contributed by atoms with E-state index in [0.717, 1.165) is 22.5 Å². The minimum Gasteiger partial charge on any atom is -0.326 e. The van der Waals surface area contributed by atoms with Crippen LogP contribution in [-0.4, -0.2) is 14.5 Å². The second-order valence-electron chi connectivity index (χ2n) is 6.72. The van der Waals surface area contributed by atoms with Crippen LogP contribution in [0, 0.1) is 12.3 Å². The van der Waals surface area contributed by atoms with E-state index in [2.05, 4.69) is 38.7 Å². The van der Waals surface area contributed by atoms with Gasteiger partial charge >= 0.3 is 0 Å². The van der Waals surface area contributed by atoms with Gasteiger partial charge < -0.3 is 4.57 Å². The second kappa shape index (κ2) is 6.90. The Bertz CT molecular complexity index is 928. The standard InChI is InChI=1S/C21H20ClN3/c1-2-20-23-14-16-13-19(12-15-8-10-17(22)11-9-15)25(21(16)24-20)18-6-4-3-5-7-18/h1,8-11,13-14,18H,3-7,12H2. The Labute approximate surface area is 153 Å². The SMILES string of the molecule is C#Cc1ncc2cc(Cc3ccc(Cl)cc3)n(C3CCCCC3)c2n1. The molecule has 0 spiro atoms. The minimum atomic E-state index is 0.459. The minimum absolute atomic E-state index is 0.459. The van der Waals surface area contributed by atoms with Crippen LogP contribution in [0.2, 0.25) is 5.02 Å². The van der Waals surface area contributed by atoms with Crippen molar-refractivity contribution in [3.63, 3.8) is 0 Å². The molecule has 1 aliphatic rings. The average molecular weight is 350 g/mol. The fraction of sp³-hybridized carbons (Fsp3) is 0.333. The van der Waals surface area contributed by atoms with Gasteiger partial charge in [-0.05, 0) is 42.5 Å². The van der Waals surface area contributed by atoms with Gasteiger partial charge in [-0.2, -0.15) is 0 Å². The maximum Gasteiger partial charge on any atom is 0.206 e. The van der Waals surface area contributed by atoms with Crippen LogP contribution in [0.25, 0.3) is 11.0 Å². The van der Waals surface area contributed by atoms with E-state index in [9.17, 15) is 0 Å². The summed E-state index contributed by atoms with van der Waals surface area (Å²) in [7, 11) is 0. The number of hydrogen-bond acceptors (Lipinski definition) is 2. The molecule has 4 heteroatoms. The summed E-state index contributed by atoms with van der Waals surface area (Å²) in [4.78, 5) is 8.91. The van der Waals surface area contributed by atoms with Crippen molar-refractivity contribution in [2.45, 2.75) is 44.6 Å². The van der Waals surface area contributed by atoms with Crippen molar-refractivity contribution in [1.29, 1.82) is 0 Å². The second-order valence-corrected chi connectivity index (χ2v) is 7.15. The predicted octanol–water partition coefficient (Wildman–Crippen LogP) is 5.16. The van der Waals surface area contributed by atoms with Gasteiger partial charge in [-0.3, -0.25) is 0 Å². The molecule has 1 aromatic carbocycles. The largest absolute Gasteiger partial charge is 0.326 e. The number of hydrogen-bond donors (Lipinski definition) is 0. The summed E-state index contributed by atoms with van der Waals surface area (Å²) in [5.74, 6) is 3.02. The molecule has 3 aromatic rings. The van der Waals surface area contributed by atoms with Crippen molar-refractivity contribution in [3.05, 3.63) is 58.6 Å². The normalized spacial score (nSPS) is 15.4. The summed E-state index contributed by atoms with van der Waals surface area (Å²) in [6.45, 7) is 0. The highest BCUT2D eigenvalue weighted by Crippen LogP contribution is 2.33. The lowest BCUT2D eigenvalue weighted by Gasteiger charge is -2.26. The molecule has 1 saturated carbocycles. The first-order valence-electron chi connectivity index (χ1n) is 8.82. The molecule has 0 unspecified atom stereocenters. The number of halogens is 1. The van der Waals surface area contributed by atoms with Crippen LogP contribution >= 0.6 is 11.6 Å². The number of fused-ring (bicyclic) bond motifs is 1. The molecule has 2 aromatic heterocycles. The lowest BCUT2D eigenvalue weighted by atomic mass is 9.95. The summed E-state index contributed by atoms with van der Waals surface area (Å²) >= 11 is 6.02. The molecule has 0 atom stereocenters. The van der Waals surface area contributed by atoms with E-state index in [0.29, 0.717) is 11.9 Å². The van der Waals surface area contributed by atoms with Crippen molar-refractivity contribution in [2.75, 3.05) is 0 Å². The van der Waals surface area contributed by atoms with Gasteiger partial charge in [0, 0.05) is 34.8 Å². The third-order valence-corrected chi connectivity index (χ3v) is 5.28. The van der Waals surface area contributed by atoms with Crippen LogP contribution in [-0.2, 0) is 6.42 Å². The van der Waals surface area contributed by atoms with E-state index >= 15 is 0 Å². The molecule has 0 aliphatic heterocycles. The first-order chi connectivity index (χ1) is 12.2. The highest BCUT2D eigenvalue weighted by Gasteiger charge is 2.21. The Kier molecular flexibility index (Phi) is 4.46. The third-order valence-electron chi connectivity index (χ3n) is 5.02. The van der Waals surface area contributed by atoms with Crippen LogP contribution in [0.5, 0.6) is 0 Å². The summed E-state index contributed by atoms with van der Waals surface area (Å²) in [5.41, 5.74) is 3.49. The Morgan fingerprint density at radius 1 is 1.16 bits per heavy atom. The molecule has 0 amide bonds. The molecular weight excluding hydrogens is 330 g/mol. The van der Waals surface area contributed by atoms with E-state index in [4.69, 9.17) is 18.0 Å². The maximum absolute atomic E-state index is 6.02. The highest BCUT2D eigenvalue weighted by molar-refractivity contribution is 6.30. The van der Waals surface area contributed by atoms with Gasteiger partial charge in [-0.25, -0.2) is 9.97 Å². The quantitative estimate of drug-likeness (QED) is 0.611. The van der Waals surface area contributed by atoms with Crippen LogP contribution in [0.15, 0.2) is 36.5 Å². The van der Waals surface area contributed by atoms with Crippen molar-refractivity contribution < 1.29 is 0 Å². The monoisotopic (exact) mass is 349 g/mol. The summed E-state index contributed by atoms with van der Waals surface area (Å²) in [5, 5.41) is 1.83. The molecule has 1 fully saturated rings. The van der Waals surface area contributed by atoms with E-state index < -0.39 is 0 Å². The molecule has 25 heavy (non-hydrogen) atoms. The topological polar surface area (TPSA) is 30.7 Å². The van der Waals surface area contributed by atoms with Gasteiger partial charge in [0.05, 0.1) is 0 Å². The lowest BCUT2D eigenvalue weighted by Crippen LogP contribution is -2.16. The van der Waals surface area contributed by atoms with Gasteiger partial charge in [-0.1, -0.05) is 43.0 Å². The number of benzene rings is 1. The number of aromatic nitrogens is 3. The van der Waals surface area contributed by atoms with Gasteiger partial charge in [0.2, 0.25) is 5.82 Å². The molecule has 0 bridgehead atoms. The number of terminal acetylenes is 1. The van der Waals surface area contributed by atoms with Crippen molar-refractivity contribution in [3.8, 4) is 12.3 Å². The van der Waals surface area contributed by atoms with Crippen LogP contribution in [0.1, 0.15) is 55.2 Å². The summed E-state index contributed by atoms with van der Waals surface area (Å²) in [6.07, 6.45) is 14.5. The first kappa shape index (κ1) is 16.2. The van der Waals surface area contributed by atoms with Gasteiger partial charge in [0.1, 0.15) is 5.65 Å².